The molecule has 53 heavy (non-hydrogen) atoms. The lowest BCUT2D eigenvalue weighted by molar-refractivity contribution is -0.887. The molecule has 0 aromatic carbocycles. The zero-order valence-electron chi connectivity index (χ0n) is 34.4. The van der Waals surface area contributed by atoms with Gasteiger partial charge in [-0.25, -0.2) is 4.79 Å². The summed E-state index contributed by atoms with van der Waals surface area (Å²) in [5, 5.41) is 9.60. The van der Waals surface area contributed by atoms with E-state index in [1.807, 2.05) is 27.2 Å². The maximum atomic E-state index is 12.6. The van der Waals surface area contributed by atoms with Crippen molar-refractivity contribution in [3.05, 3.63) is 60.8 Å². The number of unbranched alkanes of at least 4 members (excludes halogenated alkanes) is 12. The molecule has 0 heterocycles. The van der Waals surface area contributed by atoms with Gasteiger partial charge in [-0.3, -0.25) is 9.59 Å². The number of allylic oxidation sites excluding steroid dienone is 10. The molecule has 0 aliphatic heterocycles. The Kier molecular flexibility index (Phi) is 34.0. The lowest BCUT2D eigenvalue weighted by Gasteiger charge is -2.31. The number of hydrogen-bond acceptors (Lipinski definition) is 6. The molecular formula is C45H78NO7+. The average Bonchev–Trinajstić information content (AvgIpc) is 3.11. The van der Waals surface area contributed by atoms with Gasteiger partial charge in [0, 0.05) is 19.3 Å². The summed E-state index contributed by atoms with van der Waals surface area (Å²) in [6.45, 7) is 4.52. The number of esters is 2. The molecule has 304 valence electrons. The third kappa shape index (κ3) is 34.5. The Hall–Kier alpha value is -2.97. The molecule has 8 nitrogen and oxygen atoms in total. The standard InChI is InChI=1S/C45H77NO7/c1-6-8-10-12-14-16-18-20-21-22-24-25-27-29-31-33-35-43(47)52-40-41(39-51-38-37-42(45(49)50)46(3,4)5)53-44(48)36-34-32-30-28-26-23-19-17-15-13-11-9-7-2/h8,10,14,16,20-21,23,26,30,32,41-42H,6-7,9,11-13,15,17-19,22,24-25,27-29,31,33-40H2,1-5H3/p+1/b10-8+,16-14+,21-20+,26-23+,32-30+. The van der Waals surface area contributed by atoms with Crippen LogP contribution in [0.4, 0.5) is 0 Å². The number of ether oxygens (including phenoxy) is 3. The van der Waals surface area contributed by atoms with Gasteiger partial charge in [0.2, 0.25) is 0 Å². The van der Waals surface area contributed by atoms with E-state index in [4.69, 9.17) is 14.2 Å². The fourth-order valence-corrected chi connectivity index (χ4v) is 5.69. The number of hydrogen-bond donors (Lipinski definition) is 1. The van der Waals surface area contributed by atoms with Crippen molar-refractivity contribution in [3.8, 4) is 0 Å². The predicted molar refractivity (Wildman–Crippen MR) is 220 cm³/mol. The number of nitrogens with zero attached hydrogens (tertiary/aromatic N) is 1. The van der Waals surface area contributed by atoms with E-state index < -0.39 is 18.1 Å². The highest BCUT2D eigenvalue weighted by molar-refractivity contribution is 5.72. The van der Waals surface area contributed by atoms with Crippen molar-refractivity contribution in [1.82, 2.24) is 0 Å². The van der Waals surface area contributed by atoms with E-state index in [1.54, 1.807) is 0 Å². The topological polar surface area (TPSA) is 99.1 Å². The van der Waals surface area contributed by atoms with Gasteiger partial charge in [-0.2, -0.15) is 0 Å². The predicted octanol–water partition coefficient (Wildman–Crippen LogP) is 11.0. The second-order valence-electron chi connectivity index (χ2n) is 14.9. The van der Waals surface area contributed by atoms with Crippen molar-refractivity contribution in [1.29, 1.82) is 0 Å². The highest BCUT2D eigenvalue weighted by Crippen LogP contribution is 2.12. The van der Waals surface area contributed by atoms with Gasteiger partial charge in [0.05, 0.1) is 34.4 Å². The van der Waals surface area contributed by atoms with Crippen LogP contribution >= 0.6 is 0 Å². The van der Waals surface area contributed by atoms with Crippen molar-refractivity contribution >= 4 is 17.9 Å². The molecular weight excluding hydrogens is 666 g/mol. The van der Waals surface area contributed by atoms with E-state index in [0.717, 1.165) is 64.2 Å². The molecule has 0 fully saturated rings. The SMILES string of the molecule is CC/C=C/C/C=C/C/C=C/CCCCCCCCC(=O)OCC(COCCC(C(=O)O)[N+](C)(C)C)OC(=O)CC/C=C/C/C=C/CCCCCCCC. The highest BCUT2D eigenvalue weighted by Gasteiger charge is 2.31. The van der Waals surface area contributed by atoms with Gasteiger partial charge in [0.15, 0.2) is 12.1 Å². The monoisotopic (exact) mass is 745 g/mol. The van der Waals surface area contributed by atoms with Crippen LogP contribution in [0.5, 0.6) is 0 Å². The molecule has 0 aromatic heterocycles. The van der Waals surface area contributed by atoms with Crippen molar-refractivity contribution in [2.24, 2.45) is 0 Å². The largest absolute Gasteiger partial charge is 0.477 e. The minimum Gasteiger partial charge on any atom is -0.477 e. The van der Waals surface area contributed by atoms with Crippen LogP contribution in [0.3, 0.4) is 0 Å². The molecule has 0 radical (unpaired) electrons. The van der Waals surface area contributed by atoms with Crippen molar-refractivity contribution in [3.63, 3.8) is 0 Å². The van der Waals surface area contributed by atoms with Gasteiger partial charge in [-0.05, 0) is 64.2 Å². The number of carboxylic acid groups (broad SMARTS) is 1. The normalized spacial score (nSPS) is 13.6. The van der Waals surface area contributed by atoms with Crippen molar-refractivity contribution < 1.29 is 38.2 Å². The Morgan fingerprint density at radius 1 is 0.585 bits per heavy atom. The lowest BCUT2D eigenvalue weighted by Crippen LogP contribution is -2.50. The first-order chi connectivity index (χ1) is 25.6. The molecule has 0 aliphatic rings. The number of likely N-dealkylation sites (N-methyl/N-ethyl adjacent to an activating group) is 1. The molecule has 0 rings (SSSR count). The fourth-order valence-electron chi connectivity index (χ4n) is 5.69. The summed E-state index contributed by atoms with van der Waals surface area (Å²) in [6.07, 6.45) is 42.8. The van der Waals surface area contributed by atoms with E-state index >= 15 is 0 Å². The number of carbonyl (C=O) groups is 3. The molecule has 1 N–H and O–H groups in total. The Labute approximate surface area is 324 Å². The van der Waals surface area contributed by atoms with Gasteiger partial charge in [-0.1, -0.05) is 132 Å². The third-order valence-electron chi connectivity index (χ3n) is 8.91. The molecule has 2 unspecified atom stereocenters. The Balaban J connectivity index is 4.47. The summed E-state index contributed by atoms with van der Waals surface area (Å²) >= 11 is 0. The smallest absolute Gasteiger partial charge is 0.362 e. The van der Waals surface area contributed by atoms with Crippen LogP contribution in [-0.2, 0) is 28.6 Å². The van der Waals surface area contributed by atoms with E-state index in [-0.39, 0.29) is 42.7 Å². The fraction of sp³-hybridized carbons (Fsp3) is 0.711. The van der Waals surface area contributed by atoms with Crippen molar-refractivity contribution in [2.45, 2.75) is 167 Å². The first-order valence-electron chi connectivity index (χ1n) is 20.8. The molecule has 0 saturated carbocycles. The minimum atomic E-state index is -0.887. The zero-order valence-corrected chi connectivity index (χ0v) is 34.4. The van der Waals surface area contributed by atoms with Crippen LogP contribution in [0.25, 0.3) is 0 Å². The van der Waals surface area contributed by atoms with E-state index in [2.05, 4.69) is 68.5 Å². The molecule has 0 amide bonds. The maximum Gasteiger partial charge on any atom is 0.362 e. The van der Waals surface area contributed by atoms with Crippen LogP contribution in [0, 0.1) is 0 Å². The summed E-state index contributed by atoms with van der Waals surface area (Å²) in [6, 6.07) is -0.626. The molecule has 0 saturated heterocycles. The second-order valence-corrected chi connectivity index (χ2v) is 14.9. The average molecular weight is 745 g/mol. The summed E-state index contributed by atoms with van der Waals surface area (Å²) in [5.74, 6) is -1.58. The van der Waals surface area contributed by atoms with Gasteiger partial charge in [0.25, 0.3) is 0 Å². The lowest BCUT2D eigenvalue weighted by atomic mass is 10.1. The third-order valence-corrected chi connectivity index (χ3v) is 8.91. The highest BCUT2D eigenvalue weighted by atomic mass is 16.6. The van der Waals surface area contributed by atoms with Gasteiger partial charge in [-0.15, -0.1) is 0 Å². The Morgan fingerprint density at radius 3 is 1.64 bits per heavy atom. The number of carbonyl (C=O) groups excluding carboxylic acids is 2. The van der Waals surface area contributed by atoms with E-state index in [9.17, 15) is 19.5 Å². The molecule has 2 atom stereocenters. The number of carboxylic acids is 1. The minimum absolute atomic E-state index is 0.0320. The van der Waals surface area contributed by atoms with Gasteiger partial charge in [0.1, 0.15) is 6.61 Å². The van der Waals surface area contributed by atoms with Crippen LogP contribution in [0.15, 0.2) is 60.8 Å². The van der Waals surface area contributed by atoms with E-state index in [1.165, 1.54) is 51.4 Å². The number of aliphatic carboxylic acids is 1. The molecule has 0 aromatic rings. The molecule has 0 bridgehead atoms. The summed E-state index contributed by atoms with van der Waals surface area (Å²) in [5.41, 5.74) is 0. The van der Waals surface area contributed by atoms with Gasteiger partial charge < -0.3 is 23.8 Å². The van der Waals surface area contributed by atoms with Gasteiger partial charge >= 0.3 is 17.9 Å². The van der Waals surface area contributed by atoms with Crippen LogP contribution in [0.2, 0.25) is 0 Å². The maximum absolute atomic E-state index is 12.6. The molecule has 8 heteroatoms. The summed E-state index contributed by atoms with van der Waals surface area (Å²) in [7, 11) is 5.49. The quantitative estimate of drug-likeness (QED) is 0.0295. The van der Waals surface area contributed by atoms with Crippen LogP contribution in [-0.4, -0.2) is 80.6 Å². The summed E-state index contributed by atoms with van der Waals surface area (Å²) < 4.78 is 17.2. The van der Waals surface area contributed by atoms with E-state index in [0.29, 0.717) is 19.3 Å². The molecule has 0 aliphatic carbocycles. The van der Waals surface area contributed by atoms with Crippen LogP contribution in [0.1, 0.15) is 155 Å². The number of quaternary nitrogens is 1. The first-order valence-corrected chi connectivity index (χ1v) is 20.8. The second kappa shape index (κ2) is 36.0. The zero-order chi connectivity index (χ0) is 39.3. The Bertz CT molecular complexity index is 1050. The van der Waals surface area contributed by atoms with Crippen LogP contribution < -0.4 is 0 Å². The van der Waals surface area contributed by atoms with Crippen molar-refractivity contribution in [2.75, 3.05) is 41.0 Å². The summed E-state index contributed by atoms with van der Waals surface area (Å²) in [4.78, 5) is 36.8. The first kappa shape index (κ1) is 50.0. The number of rotatable bonds is 36. The molecule has 0 spiro atoms. The Morgan fingerprint density at radius 2 is 1.09 bits per heavy atom.